The largest absolute Gasteiger partial charge is 0.396 e. The van der Waals surface area contributed by atoms with Crippen molar-refractivity contribution >= 4 is 5.91 Å². The van der Waals surface area contributed by atoms with Crippen LogP contribution in [-0.4, -0.2) is 35.4 Å². The molecule has 5 aliphatic rings. The lowest BCUT2D eigenvalue weighted by Gasteiger charge is -2.73. The standard InChI is InChI=1S/C32H53NO3/c1-20(2)22-10-15-32(19-35)17-16-30(6)23(27(22)32)8-9-25-28(4)13-12-26(33-21(3)36)29(5,18-34)24(28)11-14-31(25,30)7/h22-27,34-35H,1,8-19H2,2-7H3,(H,33,36)/t22-,23+,24+,25+,26?,27+,28-,29+,30+,31+,32+/m0/s1. The molecule has 1 amide bonds. The molecule has 4 heteroatoms. The number of allylic oxidation sites excluding steroid dienone is 1. The van der Waals surface area contributed by atoms with E-state index in [1.54, 1.807) is 6.92 Å². The van der Waals surface area contributed by atoms with Crippen LogP contribution in [0.4, 0.5) is 0 Å². The van der Waals surface area contributed by atoms with Gasteiger partial charge in [0, 0.05) is 25.0 Å². The molecular weight excluding hydrogens is 446 g/mol. The van der Waals surface area contributed by atoms with Crippen LogP contribution in [0.15, 0.2) is 12.2 Å². The van der Waals surface area contributed by atoms with Crippen molar-refractivity contribution in [3.63, 3.8) is 0 Å². The van der Waals surface area contributed by atoms with Crippen LogP contribution >= 0.6 is 0 Å². The first-order valence-electron chi connectivity index (χ1n) is 15.0. The zero-order valence-electron chi connectivity index (χ0n) is 24.0. The minimum Gasteiger partial charge on any atom is -0.396 e. The van der Waals surface area contributed by atoms with Crippen LogP contribution < -0.4 is 5.32 Å². The molecule has 5 saturated carbocycles. The number of carbonyl (C=O) groups is 1. The Kier molecular flexibility index (Phi) is 6.36. The van der Waals surface area contributed by atoms with E-state index in [1.165, 1.54) is 37.7 Å². The van der Waals surface area contributed by atoms with Gasteiger partial charge in [-0.1, -0.05) is 39.8 Å². The molecular formula is C32H53NO3. The highest BCUT2D eigenvalue weighted by molar-refractivity contribution is 5.73. The first-order valence-corrected chi connectivity index (χ1v) is 15.0. The minimum absolute atomic E-state index is 0.0233. The van der Waals surface area contributed by atoms with Crippen molar-refractivity contribution in [2.75, 3.05) is 13.2 Å². The molecule has 1 unspecified atom stereocenters. The highest BCUT2D eigenvalue weighted by Crippen LogP contribution is 2.77. The molecule has 0 aromatic carbocycles. The van der Waals surface area contributed by atoms with E-state index in [0.29, 0.717) is 36.2 Å². The molecule has 0 radical (unpaired) electrons. The van der Waals surface area contributed by atoms with Gasteiger partial charge >= 0.3 is 0 Å². The summed E-state index contributed by atoms with van der Waals surface area (Å²) >= 11 is 0. The van der Waals surface area contributed by atoms with Gasteiger partial charge < -0.3 is 15.5 Å². The molecule has 0 saturated heterocycles. The van der Waals surface area contributed by atoms with Crippen molar-refractivity contribution in [2.45, 2.75) is 112 Å². The van der Waals surface area contributed by atoms with E-state index in [9.17, 15) is 15.0 Å². The van der Waals surface area contributed by atoms with E-state index in [1.807, 2.05) is 0 Å². The van der Waals surface area contributed by atoms with E-state index in [4.69, 9.17) is 0 Å². The molecule has 11 atom stereocenters. The number of carbonyl (C=O) groups excluding carboxylic acids is 1. The van der Waals surface area contributed by atoms with Gasteiger partial charge in [0.05, 0.1) is 6.61 Å². The maximum Gasteiger partial charge on any atom is 0.217 e. The van der Waals surface area contributed by atoms with Gasteiger partial charge in [-0.05, 0) is 122 Å². The smallest absolute Gasteiger partial charge is 0.217 e. The summed E-state index contributed by atoms with van der Waals surface area (Å²) in [5.74, 6) is 2.87. The first-order chi connectivity index (χ1) is 16.8. The molecule has 36 heavy (non-hydrogen) atoms. The van der Waals surface area contributed by atoms with E-state index in [-0.39, 0.29) is 45.6 Å². The maximum absolute atomic E-state index is 12.0. The lowest BCUT2D eigenvalue weighted by Crippen LogP contribution is -2.68. The van der Waals surface area contributed by atoms with Crippen molar-refractivity contribution in [3.05, 3.63) is 12.2 Å². The monoisotopic (exact) mass is 499 g/mol. The fourth-order valence-electron chi connectivity index (χ4n) is 12.1. The van der Waals surface area contributed by atoms with Crippen LogP contribution in [0, 0.1) is 56.7 Å². The summed E-state index contributed by atoms with van der Waals surface area (Å²) in [5.41, 5.74) is 1.88. The van der Waals surface area contributed by atoms with Gasteiger partial charge in [-0.25, -0.2) is 0 Å². The first kappa shape index (κ1) is 26.7. The number of aliphatic hydroxyl groups is 2. The Bertz CT molecular complexity index is 917. The van der Waals surface area contributed by atoms with Gasteiger partial charge in [0.2, 0.25) is 5.91 Å². The molecule has 0 bridgehead atoms. The van der Waals surface area contributed by atoms with Crippen LogP contribution in [0.25, 0.3) is 0 Å². The average molecular weight is 500 g/mol. The number of hydrogen-bond acceptors (Lipinski definition) is 3. The highest BCUT2D eigenvalue weighted by atomic mass is 16.3. The summed E-state index contributed by atoms with van der Waals surface area (Å²) in [6.45, 7) is 18.8. The molecule has 5 fully saturated rings. The third-order valence-corrected chi connectivity index (χ3v) is 14.1. The van der Waals surface area contributed by atoms with Crippen LogP contribution in [-0.2, 0) is 4.79 Å². The number of rotatable bonds is 4. The lowest BCUT2D eigenvalue weighted by molar-refractivity contribution is -0.245. The molecule has 204 valence electrons. The van der Waals surface area contributed by atoms with Crippen molar-refractivity contribution < 1.29 is 15.0 Å². The number of aliphatic hydroxyl groups excluding tert-OH is 2. The third-order valence-electron chi connectivity index (χ3n) is 14.1. The zero-order chi connectivity index (χ0) is 26.3. The Labute approximate surface area is 220 Å². The molecule has 0 aromatic heterocycles. The number of amides is 1. The summed E-state index contributed by atoms with van der Waals surface area (Å²) in [6.07, 6.45) is 11.7. The Balaban J connectivity index is 1.52. The van der Waals surface area contributed by atoms with Gasteiger partial charge in [0.25, 0.3) is 0 Å². The summed E-state index contributed by atoms with van der Waals surface area (Å²) < 4.78 is 0. The SMILES string of the molecule is C=C(C)[C@@H]1CC[C@]2(CO)CC[C@]3(C)[C@H](CC[C@@H]4[C@@]5(C)CCC(NC(C)=O)[C@](C)(CO)[C@@H]5CC[C@]43C)[C@@H]12. The van der Waals surface area contributed by atoms with Gasteiger partial charge in [-0.3, -0.25) is 4.79 Å². The Morgan fingerprint density at radius 2 is 1.56 bits per heavy atom. The predicted molar refractivity (Wildman–Crippen MR) is 145 cm³/mol. The van der Waals surface area contributed by atoms with Crippen molar-refractivity contribution in [1.82, 2.24) is 5.32 Å². The van der Waals surface area contributed by atoms with Crippen LogP contribution in [0.2, 0.25) is 0 Å². The molecule has 3 N–H and O–H groups in total. The minimum atomic E-state index is -0.271. The third kappa shape index (κ3) is 3.28. The number of hydrogen-bond donors (Lipinski definition) is 3. The quantitative estimate of drug-likeness (QED) is 0.409. The summed E-state index contributed by atoms with van der Waals surface area (Å²) in [6, 6.07) is 0.0593. The normalized spacial score (nSPS) is 54.0. The van der Waals surface area contributed by atoms with Crippen LogP contribution in [0.1, 0.15) is 106 Å². The highest BCUT2D eigenvalue weighted by Gasteiger charge is 2.71. The van der Waals surface area contributed by atoms with Crippen molar-refractivity contribution in [1.29, 1.82) is 0 Å². The summed E-state index contributed by atoms with van der Waals surface area (Å²) in [4.78, 5) is 12.0. The second-order valence-corrected chi connectivity index (χ2v) is 15.2. The molecule has 5 aliphatic carbocycles. The predicted octanol–water partition coefficient (Wildman–Crippen LogP) is 6.11. The van der Waals surface area contributed by atoms with Crippen LogP contribution in [0.3, 0.4) is 0 Å². The fourth-order valence-corrected chi connectivity index (χ4v) is 12.1. The Hall–Kier alpha value is -0.870. The zero-order valence-corrected chi connectivity index (χ0v) is 24.0. The summed E-state index contributed by atoms with van der Waals surface area (Å²) in [7, 11) is 0. The van der Waals surface area contributed by atoms with E-state index in [2.05, 4.69) is 46.5 Å². The molecule has 0 heterocycles. The molecule has 0 spiro atoms. The average Bonchev–Trinajstić information content (AvgIpc) is 3.22. The number of nitrogens with one attached hydrogen (secondary N) is 1. The maximum atomic E-state index is 12.0. The summed E-state index contributed by atoms with van der Waals surface area (Å²) in [5, 5.41) is 24.7. The Morgan fingerprint density at radius 1 is 0.833 bits per heavy atom. The van der Waals surface area contributed by atoms with Crippen LogP contribution in [0.5, 0.6) is 0 Å². The molecule has 0 aromatic rings. The van der Waals surface area contributed by atoms with E-state index < -0.39 is 0 Å². The topological polar surface area (TPSA) is 69.6 Å². The van der Waals surface area contributed by atoms with Gasteiger partial charge in [-0.15, -0.1) is 0 Å². The second-order valence-electron chi connectivity index (χ2n) is 15.2. The van der Waals surface area contributed by atoms with Crippen molar-refractivity contribution in [3.8, 4) is 0 Å². The molecule has 0 aliphatic heterocycles. The van der Waals surface area contributed by atoms with Gasteiger partial charge in [-0.2, -0.15) is 0 Å². The van der Waals surface area contributed by atoms with E-state index in [0.717, 1.165) is 32.1 Å². The van der Waals surface area contributed by atoms with Gasteiger partial charge in [0.1, 0.15) is 0 Å². The number of fused-ring (bicyclic) bond motifs is 7. The van der Waals surface area contributed by atoms with E-state index >= 15 is 0 Å². The van der Waals surface area contributed by atoms with Crippen molar-refractivity contribution in [2.24, 2.45) is 56.7 Å². The molecule has 4 nitrogen and oxygen atoms in total. The fraction of sp³-hybridized carbons (Fsp3) is 0.906. The Morgan fingerprint density at radius 3 is 2.17 bits per heavy atom. The molecule has 5 rings (SSSR count). The second kappa shape index (κ2) is 8.57. The lowest BCUT2D eigenvalue weighted by atomic mass is 9.32. The van der Waals surface area contributed by atoms with Gasteiger partial charge in [0.15, 0.2) is 0 Å².